The number of ether oxygens (including phenoxy) is 1. The molecule has 14 heavy (non-hydrogen) atoms. The number of carbonyl (C=O) groups is 1. The first kappa shape index (κ1) is 11.5. The van der Waals surface area contributed by atoms with Crippen LogP contribution in [0.5, 0.6) is 0 Å². The van der Waals surface area contributed by atoms with Crippen LogP contribution in [0.15, 0.2) is 22.7 Å². The molecule has 1 atom stereocenters. The summed E-state index contributed by atoms with van der Waals surface area (Å²) in [5.74, 6) is -1.21. The summed E-state index contributed by atoms with van der Waals surface area (Å²) in [4.78, 5) is 11.0. The Labute approximate surface area is 94.1 Å². The molecule has 0 bridgehead atoms. The number of methoxy groups -OCH3 is 1. The second-order valence-electron chi connectivity index (χ2n) is 2.55. The van der Waals surface area contributed by atoms with E-state index >= 15 is 0 Å². The number of hydrogen-bond acceptors (Lipinski definition) is 2. The van der Waals surface area contributed by atoms with E-state index in [9.17, 15) is 9.18 Å². The van der Waals surface area contributed by atoms with Crippen molar-refractivity contribution in [2.75, 3.05) is 7.11 Å². The van der Waals surface area contributed by atoms with Gasteiger partial charge in [-0.1, -0.05) is 22.0 Å². The number of alkyl halides is 1. The Kier molecular flexibility index (Phi) is 3.89. The number of rotatable bonds is 2. The van der Waals surface area contributed by atoms with E-state index in [1.54, 1.807) is 6.07 Å². The Morgan fingerprint density at radius 2 is 2.29 bits per heavy atom. The summed E-state index contributed by atoms with van der Waals surface area (Å²) < 4.78 is 18.3. The summed E-state index contributed by atoms with van der Waals surface area (Å²) in [5.41, 5.74) is 0.113. The molecule has 5 heteroatoms. The molecule has 76 valence electrons. The van der Waals surface area contributed by atoms with Crippen LogP contribution in [0.3, 0.4) is 0 Å². The second-order valence-corrected chi connectivity index (χ2v) is 3.90. The van der Waals surface area contributed by atoms with Crippen molar-refractivity contribution in [3.05, 3.63) is 34.1 Å². The summed E-state index contributed by atoms with van der Waals surface area (Å²) in [7, 11) is 1.20. The van der Waals surface area contributed by atoms with Gasteiger partial charge in [0.15, 0.2) is 5.38 Å². The summed E-state index contributed by atoms with van der Waals surface area (Å²) >= 11 is 8.78. The highest BCUT2D eigenvalue weighted by Crippen LogP contribution is 2.26. The SMILES string of the molecule is COC(=O)C(Cl)c1ccc(Br)cc1F. The van der Waals surface area contributed by atoms with E-state index in [1.807, 2.05) is 0 Å². The van der Waals surface area contributed by atoms with E-state index in [0.717, 1.165) is 0 Å². The van der Waals surface area contributed by atoms with Crippen LogP contribution >= 0.6 is 27.5 Å². The molecule has 0 spiro atoms. The lowest BCUT2D eigenvalue weighted by atomic mass is 10.1. The Morgan fingerprint density at radius 3 is 2.79 bits per heavy atom. The summed E-state index contributed by atoms with van der Waals surface area (Å²) in [6.45, 7) is 0. The van der Waals surface area contributed by atoms with Crippen molar-refractivity contribution < 1.29 is 13.9 Å². The smallest absolute Gasteiger partial charge is 0.328 e. The van der Waals surface area contributed by atoms with Gasteiger partial charge < -0.3 is 4.74 Å². The van der Waals surface area contributed by atoms with Gasteiger partial charge in [0, 0.05) is 10.0 Å². The monoisotopic (exact) mass is 280 g/mol. The molecule has 0 aliphatic rings. The molecular weight excluding hydrogens is 274 g/mol. The molecule has 1 aromatic rings. The van der Waals surface area contributed by atoms with Gasteiger partial charge in [0.1, 0.15) is 5.82 Å². The highest BCUT2D eigenvalue weighted by atomic mass is 79.9. The number of carbonyl (C=O) groups excluding carboxylic acids is 1. The van der Waals surface area contributed by atoms with Crippen molar-refractivity contribution in [2.24, 2.45) is 0 Å². The number of halogens is 3. The van der Waals surface area contributed by atoms with Crippen molar-refractivity contribution in [1.29, 1.82) is 0 Å². The molecule has 0 fully saturated rings. The zero-order valence-corrected chi connectivity index (χ0v) is 9.60. The molecule has 0 heterocycles. The van der Waals surface area contributed by atoms with Crippen LogP contribution < -0.4 is 0 Å². The zero-order valence-electron chi connectivity index (χ0n) is 7.26. The zero-order chi connectivity index (χ0) is 10.7. The minimum Gasteiger partial charge on any atom is -0.468 e. The molecule has 0 N–H and O–H groups in total. The summed E-state index contributed by atoms with van der Waals surface area (Å²) in [6, 6.07) is 4.29. The van der Waals surface area contributed by atoms with Crippen molar-refractivity contribution in [1.82, 2.24) is 0 Å². The van der Waals surface area contributed by atoms with E-state index < -0.39 is 17.2 Å². The average molecular weight is 282 g/mol. The molecule has 0 radical (unpaired) electrons. The fourth-order valence-electron chi connectivity index (χ4n) is 0.937. The van der Waals surface area contributed by atoms with Crippen LogP contribution in [0, 0.1) is 5.82 Å². The molecule has 0 saturated heterocycles. The van der Waals surface area contributed by atoms with E-state index in [2.05, 4.69) is 20.7 Å². The quantitative estimate of drug-likeness (QED) is 0.615. The third-order valence-electron chi connectivity index (χ3n) is 1.64. The lowest BCUT2D eigenvalue weighted by Gasteiger charge is -2.08. The second kappa shape index (κ2) is 4.75. The first-order valence-corrected chi connectivity index (χ1v) is 4.96. The first-order valence-electron chi connectivity index (χ1n) is 3.73. The largest absolute Gasteiger partial charge is 0.468 e. The van der Waals surface area contributed by atoms with Gasteiger partial charge >= 0.3 is 5.97 Å². The fraction of sp³-hybridized carbons (Fsp3) is 0.222. The lowest BCUT2D eigenvalue weighted by molar-refractivity contribution is -0.140. The summed E-state index contributed by atoms with van der Waals surface area (Å²) in [5, 5.41) is -1.10. The molecule has 1 unspecified atom stereocenters. The third kappa shape index (κ3) is 2.45. The van der Waals surface area contributed by atoms with Crippen LogP contribution in [0.4, 0.5) is 4.39 Å². The van der Waals surface area contributed by atoms with Gasteiger partial charge in [-0.05, 0) is 12.1 Å². The number of benzene rings is 1. The van der Waals surface area contributed by atoms with Crippen LogP contribution in [0.2, 0.25) is 0 Å². The predicted molar refractivity (Wildman–Crippen MR) is 54.7 cm³/mol. The van der Waals surface area contributed by atoms with Gasteiger partial charge in [0.25, 0.3) is 0 Å². The third-order valence-corrected chi connectivity index (χ3v) is 2.55. The van der Waals surface area contributed by atoms with Crippen molar-refractivity contribution in [3.63, 3.8) is 0 Å². The van der Waals surface area contributed by atoms with Crippen molar-refractivity contribution in [2.45, 2.75) is 5.38 Å². The predicted octanol–water partition coefficient (Wildman–Crippen LogP) is 3.04. The van der Waals surface area contributed by atoms with E-state index in [4.69, 9.17) is 11.6 Å². The number of hydrogen-bond donors (Lipinski definition) is 0. The molecule has 1 rings (SSSR count). The number of esters is 1. The maximum Gasteiger partial charge on any atom is 0.328 e. The van der Waals surface area contributed by atoms with E-state index in [1.165, 1.54) is 19.2 Å². The maximum absolute atomic E-state index is 13.3. The van der Waals surface area contributed by atoms with Gasteiger partial charge in [0.05, 0.1) is 7.11 Å². The van der Waals surface area contributed by atoms with Crippen molar-refractivity contribution in [3.8, 4) is 0 Å². The van der Waals surface area contributed by atoms with Crippen molar-refractivity contribution >= 4 is 33.5 Å². The van der Waals surface area contributed by atoms with E-state index in [0.29, 0.717) is 4.47 Å². The molecular formula is C9H7BrClFO2. The Bertz CT molecular complexity index is 357. The topological polar surface area (TPSA) is 26.3 Å². The molecule has 0 aliphatic carbocycles. The minimum atomic E-state index is -1.10. The maximum atomic E-state index is 13.3. The Hall–Kier alpha value is -0.610. The minimum absolute atomic E-state index is 0.113. The fourth-order valence-corrected chi connectivity index (χ4v) is 1.54. The average Bonchev–Trinajstić information content (AvgIpc) is 2.15. The van der Waals surface area contributed by atoms with Gasteiger partial charge in [-0.15, -0.1) is 11.6 Å². The van der Waals surface area contributed by atoms with Gasteiger partial charge in [-0.3, -0.25) is 4.79 Å². The molecule has 0 amide bonds. The standard InChI is InChI=1S/C9H7BrClFO2/c1-14-9(13)8(11)6-3-2-5(10)4-7(6)12/h2-4,8H,1H3. The molecule has 0 saturated carbocycles. The highest BCUT2D eigenvalue weighted by Gasteiger charge is 2.21. The lowest BCUT2D eigenvalue weighted by Crippen LogP contribution is -2.10. The van der Waals surface area contributed by atoms with Gasteiger partial charge in [-0.25, -0.2) is 4.39 Å². The Morgan fingerprint density at radius 1 is 1.64 bits per heavy atom. The van der Waals surface area contributed by atoms with E-state index in [-0.39, 0.29) is 5.56 Å². The molecule has 0 aromatic heterocycles. The molecule has 0 aliphatic heterocycles. The Balaban J connectivity index is 3.01. The highest BCUT2D eigenvalue weighted by molar-refractivity contribution is 9.10. The van der Waals surface area contributed by atoms with Gasteiger partial charge in [-0.2, -0.15) is 0 Å². The first-order chi connectivity index (χ1) is 6.56. The molecule has 2 nitrogen and oxygen atoms in total. The van der Waals surface area contributed by atoms with Crippen LogP contribution in [-0.4, -0.2) is 13.1 Å². The van der Waals surface area contributed by atoms with Crippen LogP contribution in [-0.2, 0) is 9.53 Å². The van der Waals surface area contributed by atoms with Crippen LogP contribution in [0.25, 0.3) is 0 Å². The summed E-state index contributed by atoms with van der Waals surface area (Å²) in [6.07, 6.45) is 0. The molecule has 1 aromatic carbocycles. The van der Waals surface area contributed by atoms with Gasteiger partial charge in [0.2, 0.25) is 0 Å². The normalized spacial score (nSPS) is 12.3. The van der Waals surface area contributed by atoms with Crippen LogP contribution in [0.1, 0.15) is 10.9 Å².